The normalized spacial score (nSPS) is 11.5. The topological polar surface area (TPSA) is 21.3 Å². The molecule has 0 saturated carbocycles. The largest absolute Gasteiger partial charge is 0.573 e. The Hall–Kier alpha value is -1.23. The zero-order chi connectivity index (χ0) is 12.7. The third kappa shape index (κ3) is 6.16. The molecule has 0 aliphatic rings. The van der Waals surface area contributed by atoms with Crippen molar-refractivity contribution in [1.29, 1.82) is 0 Å². The first-order valence-electron chi connectivity index (χ1n) is 5.56. The summed E-state index contributed by atoms with van der Waals surface area (Å²) in [6.45, 7) is 3.77. The van der Waals surface area contributed by atoms with Gasteiger partial charge in [-0.1, -0.05) is 19.1 Å². The molecular formula is C12H16F3NO. The zero-order valence-electron chi connectivity index (χ0n) is 9.68. The molecule has 0 unspecified atom stereocenters. The number of aryl methyl sites for hydroxylation is 1. The van der Waals surface area contributed by atoms with Crippen molar-refractivity contribution in [1.82, 2.24) is 5.32 Å². The third-order valence-electron chi connectivity index (χ3n) is 2.20. The Kier molecular flexibility index (Phi) is 5.28. The van der Waals surface area contributed by atoms with Gasteiger partial charge in [0.1, 0.15) is 5.75 Å². The molecule has 1 aromatic rings. The summed E-state index contributed by atoms with van der Waals surface area (Å²) in [7, 11) is 0. The fraction of sp³-hybridized carbons (Fsp3) is 0.500. The number of rotatable bonds is 6. The van der Waals surface area contributed by atoms with E-state index in [-0.39, 0.29) is 5.75 Å². The van der Waals surface area contributed by atoms with Crippen molar-refractivity contribution in [3.63, 3.8) is 0 Å². The lowest BCUT2D eigenvalue weighted by Crippen LogP contribution is -2.17. The minimum atomic E-state index is -4.62. The van der Waals surface area contributed by atoms with E-state index >= 15 is 0 Å². The molecule has 0 amide bonds. The van der Waals surface area contributed by atoms with Crippen LogP contribution < -0.4 is 10.1 Å². The van der Waals surface area contributed by atoms with Crippen LogP contribution in [0.25, 0.3) is 0 Å². The molecule has 1 aromatic carbocycles. The van der Waals surface area contributed by atoms with Crippen molar-refractivity contribution >= 4 is 0 Å². The van der Waals surface area contributed by atoms with E-state index < -0.39 is 6.36 Å². The molecule has 2 nitrogen and oxygen atoms in total. The van der Waals surface area contributed by atoms with Gasteiger partial charge in [0, 0.05) is 0 Å². The van der Waals surface area contributed by atoms with Crippen LogP contribution >= 0.6 is 0 Å². The number of nitrogens with one attached hydrogen (secondary N) is 1. The molecule has 5 heteroatoms. The molecule has 0 radical (unpaired) electrons. The molecular weight excluding hydrogens is 231 g/mol. The van der Waals surface area contributed by atoms with Crippen LogP contribution in [-0.4, -0.2) is 19.5 Å². The lowest BCUT2D eigenvalue weighted by Gasteiger charge is -2.10. The van der Waals surface area contributed by atoms with Crippen LogP contribution in [0.3, 0.4) is 0 Å². The first-order chi connectivity index (χ1) is 8.01. The highest BCUT2D eigenvalue weighted by molar-refractivity contribution is 5.28. The Morgan fingerprint density at radius 3 is 2.71 bits per heavy atom. The molecule has 0 aromatic heterocycles. The summed E-state index contributed by atoms with van der Waals surface area (Å²) in [6.07, 6.45) is -2.99. The van der Waals surface area contributed by atoms with Gasteiger partial charge in [-0.3, -0.25) is 0 Å². The Balaban J connectivity index is 2.48. The lowest BCUT2D eigenvalue weighted by atomic mass is 10.1. The maximum Gasteiger partial charge on any atom is 0.573 e. The van der Waals surface area contributed by atoms with Crippen LogP contribution in [0.4, 0.5) is 13.2 Å². The van der Waals surface area contributed by atoms with E-state index in [1.54, 1.807) is 12.1 Å². The summed E-state index contributed by atoms with van der Waals surface area (Å²) in [4.78, 5) is 0. The Morgan fingerprint density at radius 1 is 1.29 bits per heavy atom. The molecule has 1 N–H and O–H groups in total. The summed E-state index contributed by atoms with van der Waals surface area (Å²) < 4.78 is 39.8. The van der Waals surface area contributed by atoms with E-state index in [1.807, 2.05) is 6.92 Å². The van der Waals surface area contributed by atoms with Gasteiger partial charge in [0.2, 0.25) is 0 Å². The molecule has 96 valence electrons. The Bertz CT molecular complexity index is 339. The van der Waals surface area contributed by atoms with Crippen molar-refractivity contribution in [2.75, 3.05) is 13.1 Å². The maximum atomic E-state index is 12.0. The summed E-state index contributed by atoms with van der Waals surface area (Å²) >= 11 is 0. The molecule has 0 spiro atoms. The van der Waals surface area contributed by atoms with Crippen LogP contribution in [-0.2, 0) is 6.42 Å². The summed E-state index contributed by atoms with van der Waals surface area (Å²) in [6, 6.07) is 6.11. The van der Waals surface area contributed by atoms with Crippen LogP contribution in [0.15, 0.2) is 24.3 Å². The number of ether oxygens (including phenoxy) is 1. The minimum Gasteiger partial charge on any atom is -0.406 e. The third-order valence-corrected chi connectivity index (χ3v) is 2.20. The molecule has 17 heavy (non-hydrogen) atoms. The number of halogens is 3. The second-order valence-corrected chi connectivity index (χ2v) is 3.65. The minimum absolute atomic E-state index is 0.154. The molecule has 0 fully saturated rings. The van der Waals surface area contributed by atoms with Crippen molar-refractivity contribution in [3.05, 3.63) is 29.8 Å². The highest BCUT2D eigenvalue weighted by atomic mass is 19.4. The number of hydrogen-bond donors (Lipinski definition) is 1. The lowest BCUT2D eigenvalue weighted by molar-refractivity contribution is -0.274. The molecule has 1 rings (SSSR count). The predicted octanol–water partition coefficient (Wildman–Crippen LogP) is 3.13. The number of benzene rings is 1. The van der Waals surface area contributed by atoms with Gasteiger partial charge in [0.15, 0.2) is 0 Å². The van der Waals surface area contributed by atoms with Crippen molar-refractivity contribution in [3.8, 4) is 5.75 Å². The van der Waals surface area contributed by atoms with Gasteiger partial charge in [-0.2, -0.15) is 0 Å². The zero-order valence-corrected chi connectivity index (χ0v) is 9.68. The number of hydrogen-bond acceptors (Lipinski definition) is 2. The Labute approximate surface area is 98.8 Å². The highest BCUT2D eigenvalue weighted by Crippen LogP contribution is 2.23. The van der Waals surface area contributed by atoms with E-state index in [9.17, 15) is 13.2 Å². The molecule has 0 saturated heterocycles. The average Bonchev–Trinajstić information content (AvgIpc) is 2.23. The second kappa shape index (κ2) is 6.49. The van der Waals surface area contributed by atoms with E-state index in [0.717, 1.165) is 31.5 Å². The molecule has 0 aliphatic heterocycles. The SMILES string of the molecule is CCNCCCc1cccc(OC(F)(F)F)c1. The molecule has 0 atom stereocenters. The van der Waals surface area contributed by atoms with E-state index in [4.69, 9.17) is 0 Å². The van der Waals surface area contributed by atoms with Gasteiger partial charge in [-0.05, 0) is 43.6 Å². The molecule has 0 aliphatic carbocycles. The fourth-order valence-electron chi connectivity index (χ4n) is 1.49. The fourth-order valence-corrected chi connectivity index (χ4v) is 1.49. The van der Waals surface area contributed by atoms with E-state index in [1.165, 1.54) is 12.1 Å². The van der Waals surface area contributed by atoms with Gasteiger partial charge < -0.3 is 10.1 Å². The van der Waals surface area contributed by atoms with Crippen LogP contribution in [0, 0.1) is 0 Å². The van der Waals surface area contributed by atoms with E-state index in [2.05, 4.69) is 10.1 Å². The van der Waals surface area contributed by atoms with Gasteiger partial charge in [0.25, 0.3) is 0 Å². The molecule has 0 heterocycles. The first-order valence-corrected chi connectivity index (χ1v) is 5.56. The summed E-state index contributed by atoms with van der Waals surface area (Å²) in [5.74, 6) is -0.154. The highest BCUT2D eigenvalue weighted by Gasteiger charge is 2.30. The summed E-state index contributed by atoms with van der Waals surface area (Å²) in [5, 5.41) is 3.16. The maximum absolute atomic E-state index is 12.0. The van der Waals surface area contributed by atoms with Crippen molar-refractivity contribution < 1.29 is 17.9 Å². The van der Waals surface area contributed by atoms with Crippen molar-refractivity contribution in [2.45, 2.75) is 26.1 Å². The first kappa shape index (κ1) is 13.8. The van der Waals surface area contributed by atoms with Gasteiger partial charge in [-0.15, -0.1) is 13.2 Å². The smallest absolute Gasteiger partial charge is 0.406 e. The quantitative estimate of drug-likeness (QED) is 0.780. The van der Waals surface area contributed by atoms with Crippen LogP contribution in [0.2, 0.25) is 0 Å². The van der Waals surface area contributed by atoms with Crippen LogP contribution in [0.5, 0.6) is 5.75 Å². The summed E-state index contributed by atoms with van der Waals surface area (Å²) in [5.41, 5.74) is 0.852. The van der Waals surface area contributed by atoms with Gasteiger partial charge >= 0.3 is 6.36 Å². The second-order valence-electron chi connectivity index (χ2n) is 3.65. The van der Waals surface area contributed by atoms with Crippen LogP contribution in [0.1, 0.15) is 18.9 Å². The molecule has 0 bridgehead atoms. The van der Waals surface area contributed by atoms with Gasteiger partial charge in [0.05, 0.1) is 0 Å². The van der Waals surface area contributed by atoms with Crippen molar-refractivity contribution in [2.24, 2.45) is 0 Å². The van der Waals surface area contributed by atoms with E-state index in [0.29, 0.717) is 0 Å². The average molecular weight is 247 g/mol. The van der Waals surface area contributed by atoms with Gasteiger partial charge in [-0.25, -0.2) is 0 Å². The monoisotopic (exact) mass is 247 g/mol. The predicted molar refractivity (Wildman–Crippen MR) is 60.0 cm³/mol. The standard InChI is InChI=1S/C12H16F3NO/c1-2-16-8-4-6-10-5-3-7-11(9-10)17-12(13,14)15/h3,5,7,9,16H,2,4,6,8H2,1H3. The Morgan fingerprint density at radius 2 is 2.06 bits per heavy atom. The number of alkyl halides is 3.